The topological polar surface area (TPSA) is 30.7 Å². The van der Waals surface area contributed by atoms with Gasteiger partial charge in [0.05, 0.1) is 5.75 Å². The van der Waals surface area contributed by atoms with E-state index in [1.807, 2.05) is 7.05 Å². The summed E-state index contributed by atoms with van der Waals surface area (Å²) in [5.41, 5.74) is 0. The van der Waals surface area contributed by atoms with Crippen molar-refractivity contribution in [3.05, 3.63) is 6.33 Å². The van der Waals surface area contributed by atoms with E-state index in [1.165, 1.54) is 18.1 Å². The van der Waals surface area contributed by atoms with Gasteiger partial charge in [-0.3, -0.25) is 0 Å². The Bertz CT molecular complexity index is 248. The molecular weight excluding hydrogens is 146 g/mol. The van der Waals surface area contributed by atoms with Gasteiger partial charge in [-0.15, -0.1) is 6.42 Å². The number of nitrogens with zero attached hydrogens (tertiary/aromatic N) is 3. The summed E-state index contributed by atoms with van der Waals surface area (Å²) in [5.74, 6) is 3.16. The number of rotatable bonds is 2. The van der Waals surface area contributed by atoms with Crippen molar-refractivity contribution >= 4 is 11.8 Å². The largest absolute Gasteiger partial charge is 0.244 e. The highest BCUT2D eigenvalue weighted by Gasteiger charge is 1.97. The van der Waals surface area contributed by atoms with E-state index >= 15 is 0 Å². The maximum absolute atomic E-state index is 5.07. The minimum absolute atomic E-state index is 0.645. The Morgan fingerprint density at radius 2 is 2.70 bits per heavy atom. The van der Waals surface area contributed by atoms with E-state index in [9.17, 15) is 0 Å². The van der Waals surface area contributed by atoms with Crippen molar-refractivity contribution in [3.63, 3.8) is 0 Å². The average molecular weight is 153 g/mol. The van der Waals surface area contributed by atoms with Crippen LogP contribution in [0.15, 0.2) is 11.5 Å². The molecular formula is C6H7N3S. The smallest absolute Gasteiger partial charge is 0.186 e. The van der Waals surface area contributed by atoms with Gasteiger partial charge >= 0.3 is 0 Å². The van der Waals surface area contributed by atoms with Crippen LogP contribution in [0, 0.1) is 12.3 Å². The molecule has 0 saturated carbocycles. The molecule has 10 heavy (non-hydrogen) atoms. The van der Waals surface area contributed by atoms with Gasteiger partial charge < -0.3 is 0 Å². The minimum atomic E-state index is 0.645. The van der Waals surface area contributed by atoms with E-state index in [0.29, 0.717) is 5.75 Å². The van der Waals surface area contributed by atoms with Gasteiger partial charge in [0.15, 0.2) is 5.16 Å². The van der Waals surface area contributed by atoms with Crippen molar-refractivity contribution in [1.29, 1.82) is 0 Å². The van der Waals surface area contributed by atoms with E-state index < -0.39 is 0 Å². The molecule has 0 fully saturated rings. The van der Waals surface area contributed by atoms with Crippen molar-refractivity contribution in [1.82, 2.24) is 14.8 Å². The summed E-state index contributed by atoms with van der Waals surface area (Å²) < 4.78 is 1.70. The second kappa shape index (κ2) is 3.28. The molecule has 0 aliphatic heterocycles. The third kappa shape index (κ3) is 1.52. The predicted molar refractivity (Wildman–Crippen MR) is 40.6 cm³/mol. The minimum Gasteiger partial charge on any atom is -0.244 e. The lowest BCUT2D eigenvalue weighted by Gasteiger charge is -1.93. The van der Waals surface area contributed by atoms with Gasteiger partial charge in [0.25, 0.3) is 0 Å². The van der Waals surface area contributed by atoms with Crippen LogP contribution in [-0.4, -0.2) is 20.5 Å². The van der Waals surface area contributed by atoms with Crippen LogP contribution in [0.5, 0.6) is 0 Å². The molecule has 1 aromatic heterocycles. The van der Waals surface area contributed by atoms with Crippen LogP contribution in [0.4, 0.5) is 0 Å². The van der Waals surface area contributed by atoms with E-state index in [4.69, 9.17) is 6.42 Å². The highest BCUT2D eigenvalue weighted by Crippen LogP contribution is 2.10. The number of hydrogen-bond donors (Lipinski definition) is 0. The van der Waals surface area contributed by atoms with Crippen LogP contribution < -0.4 is 0 Å². The van der Waals surface area contributed by atoms with E-state index in [1.54, 1.807) is 4.68 Å². The van der Waals surface area contributed by atoms with Crippen molar-refractivity contribution in [2.75, 3.05) is 5.75 Å². The van der Waals surface area contributed by atoms with Gasteiger partial charge in [-0.25, -0.2) is 9.67 Å². The Morgan fingerprint density at radius 1 is 1.90 bits per heavy atom. The molecule has 1 heterocycles. The molecule has 0 aromatic carbocycles. The monoisotopic (exact) mass is 153 g/mol. The summed E-state index contributed by atoms with van der Waals surface area (Å²) in [4.78, 5) is 3.97. The summed E-state index contributed by atoms with van der Waals surface area (Å²) in [7, 11) is 1.84. The Labute approximate surface area is 63.8 Å². The van der Waals surface area contributed by atoms with Crippen molar-refractivity contribution in [2.45, 2.75) is 5.16 Å². The van der Waals surface area contributed by atoms with Crippen LogP contribution in [0.2, 0.25) is 0 Å². The SMILES string of the molecule is C#CCSc1ncnn1C. The quantitative estimate of drug-likeness (QED) is 0.459. The summed E-state index contributed by atoms with van der Waals surface area (Å²) in [6, 6.07) is 0. The second-order valence-electron chi connectivity index (χ2n) is 1.66. The predicted octanol–water partition coefficient (Wildman–Crippen LogP) is 0.540. The van der Waals surface area contributed by atoms with Gasteiger partial charge in [0.1, 0.15) is 6.33 Å². The van der Waals surface area contributed by atoms with Crippen molar-refractivity contribution in [2.24, 2.45) is 7.05 Å². The summed E-state index contributed by atoms with van der Waals surface area (Å²) >= 11 is 1.51. The molecule has 4 heteroatoms. The van der Waals surface area contributed by atoms with Gasteiger partial charge in [-0.05, 0) is 0 Å². The molecule has 0 atom stereocenters. The van der Waals surface area contributed by atoms with E-state index in [0.717, 1.165) is 5.16 Å². The van der Waals surface area contributed by atoms with Gasteiger partial charge in [0.2, 0.25) is 0 Å². The fourth-order valence-electron chi connectivity index (χ4n) is 0.523. The van der Waals surface area contributed by atoms with Crippen molar-refractivity contribution in [3.8, 4) is 12.3 Å². The van der Waals surface area contributed by atoms with E-state index in [2.05, 4.69) is 16.0 Å². The molecule has 0 aliphatic carbocycles. The molecule has 0 radical (unpaired) electrons. The Kier molecular flexibility index (Phi) is 2.35. The van der Waals surface area contributed by atoms with Gasteiger partial charge in [-0.2, -0.15) is 5.10 Å². The maximum Gasteiger partial charge on any atom is 0.186 e. The average Bonchev–Trinajstić information content (AvgIpc) is 2.31. The van der Waals surface area contributed by atoms with Crippen LogP contribution >= 0.6 is 11.8 Å². The molecule has 0 unspecified atom stereocenters. The molecule has 1 rings (SSSR count). The first-order chi connectivity index (χ1) is 4.84. The third-order valence-corrected chi connectivity index (χ3v) is 1.89. The van der Waals surface area contributed by atoms with Crippen molar-refractivity contribution < 1.29 is 0 Å². The van der Waals surface area contributed by atoms with Crippen LogP contribution in [-0.2, 0) is 7.05 Å². The molecule has 0 spiro atoms. The zero-order valence-corrected chi connectivity index (χ0v) is 6.43. The van der Waals surface area contributed by atoms with Crippen LogP contribution in [0.3, 0.4) is 0 Å². The number of hydrogen-bond acceptors (Lipinski definition) is 3. The first kappa shape index (κ1) is 7.16. The summed E-state index contributed by atoms with van der Waals surface area (Å²) in [6.45, 7) is 0. The highest BCUT2D eigenvalue weighted by molar-refractivity contribution is 7.99. The molecule has 3 nitrogen and oxygen atoms in total. The standard InChI is InChI=1S/C6H7N3S/c1-3-4-10-6-7-5-8-9(6)2/h1,5H,4H2,2H3. The molecule has 0 bridgehead atoms. The third-order valence-electron chi connectivity index (χ3n) is 0.954. The zero-order valence-electron chi connectivity index (χ0n) is 5.61. The number of terminal acetylenes is 1. The number of aryl methyl sites for hydroxylation is 1. The molecule has 52 valence electrons. The second-order valence-corrected chi connectivity index (χ2v) is 2.60. The highest BCUT2D eigenvalue weighted by atomic mass is 32.2. The Balaban J connectivity index is 2.59. The van der Waals surface area contributed by atoms with Gasteiger partial charge in [0, 0.05) is 7.05 Å². The molecule has 0 saturated heterocycles. The lowest BCUT2D eigenvalue weighted by atomic mass is 10.8. The number of aromatic nitrogens is 3. The Hall–Kier alpha value is -0.950. The molecule has 1 aromatic rings. The zero-order chi connectivity index (χ0) is 7.40. The first-order valence-corrected chi connectivity index (χ1v) is 3.73. The van der Waals surface area contributed by atoms with E-state index in [-0.39, 0.29) is 0 Å². The Morgan fingerprint density at radius 3 is 3.20 bits per heavy atom. The first-order valence-electron chi connectivity index (χ1n) is 2.75. The molecule has 0 amide bonds. The van der Waals surface area contributed by atoms with Gasteiger partial charge in [-0.1, -0.05) is 17.7 Å². The molecule has 0 N–H and O–H groups in total. The maximum atomic E-state index is 5.07. The van der Waals surface area contributed by atoms with Crippen LogP contribution in [0.25, 0.3) is 0 Å². The lowest BCUT2D eigenvalue weighted by Crippen LogP contribution is -1.92. The number of thioether (sulfide) groups is 1. The fourth-order valence-corrected chi connectivity index (χ4v) is 1.09. The summed E-state index contributed by atoms with van der Waals surface area (Å²) in [6.07, 6.45) is 6.58. The van der Waals surface area contributed by atoms with Crippen LogP contribution in [0.1, 0.15) is 0 Å². The summed E-state index contributed by atoms with van der Waals surface area (Å²) in [5, 5.41) is 4.74. The normalized spacial score (nSPS) is 9.20. The molecule has 0 aliphatic rings. The fraction of sp³-hybridized carbons (Fsp3) is 0.333. The lowest BCUT2D eigenvalue weighted by molar-refractivity contribution is 0.686.